The Morgan fingerprint density at radius 2 is 1.77 bits per heavy atom. The van der Waals surface area contributed by atoms with E-state index in [1.807, 2.05) is 24.5 Å². The van der Waals surface area contributed by atoms with E-state index >= 15 is 0 Å². The zero-order valence-corrected chi connectivity index (χ0v) is 19.3. The van der Waals surface area contributed by atoms with Crippen molar-refractivity contribution in [2.75, 3.05) is 17.6 Å². The summed E-state index contributed by atoms with van der Waals surface area (Å²) in [6.45, 7) is 0.869. The minimum absolute atomic E-state index is 0.527. The SMILES string of the molecule is C#C.Nc1ccc2nc1Cc1nc3c(cccc3[nH]1)-c1cccc(c1)CCCNc1cncc-2c1. The lowest BCUT2D eigenvalue weighted by atomic mass is 10.00. The molecule has 6 nitrogen and oxygen atoms in total. The Kier molecular flexibility index (Phi) is 6.15. The molecule has 0 atom stereocenters. The largest absolute Gasteiger partial charge is 0.397 e. The summed E-state index contributed by atoms with van der Waals surface area (Å²) in [4.78, 5) is 17.7. The average molecular weight is 459 g/mol. The Morgan fingerprint density at radius 1 is 0.886 bits per heavy atom. The third-order valence-corrected chi connectivity index (χ3v) is 6.15. The van der Waals surface area contributed by atoms with Gasteiger partial charge in [0, 0.05) is 30.1 Å². The predicted octanol–water partition coefficient (Wildman–Crippen LogP) is 5.47. The van der Waals surface area contributed by atoms with Crippen molar-refractivity contribution in [3.8, 4) is 35.2 Å². The number of para-hydroxylation sites is 1. The zero-order chi connectivity index (χ0) is 24.2. The van der Waals surface area contributed by atoms with Crippen molar-refractivity contribution >= 4 is 22.4 Å². The lowest BCUT2D eigenvalue weighted by molar-refractivity contribution is 0.862. The summed E-state index contributed by atoms with van der Waals surface area (Å²) in [6.07, 6.45) is 14.2. The molecule has 1 aliphatic heterocycles. The van der Waals surface area contributed by atoms with Crippen molar-refractivity contribution in [3.05, 3.63) is 90.1 Å². The van der Waals surface area contributed by atoms with Gasteiger partial charge in [0.05, 0.1) is 40.2 Å². The molecule has 0 radical (unpaired) electrons. The van der Waals surface area contributed by atoms with Gasteiger partial charge in [-0.15, -0.1) is 12.8 Å². The minimum atomic E-state index is 0.527. The van der Waals surface area contributed by atoms with Gasteiger partial charge in [0.1, 0.15) is 5.82 Å². The van der Waals surface area contributed by atoms with E-state index in [-0.39, 0.29) is 0 Å². The van der Waals surface area contributed by atoms with E-state index < -0.39 is 0 Å². The number of anilines is 2. The maximum atomic E-state index is 6.30. The van der Waals surface area contributed by atoms with Gasteiger partial charge in [-0.1, -0.05) is 36.4 Å². The summed E-state index contributed by atoms with van der Waals surface area (Å²) in [5.41, 5.74) is 16.2. The summed E-state index contributed by atoms with van der Waals surface area (Å²) in [6, 6.07) is 21.0. The normalized spacial score (nSPS) is 12.6. The van der Waals surface area contributed by atoms with E-state index in [9.17, 15) is 0 Å². The Morgan fingerprint density at radius 3 is 2.69 bits per heavy atom. The minimum Gasteiger partial charge on any atom is -0.397 e. The van der Waals surface area contributed by atoms with Gasteiger partial charge in [-0.05, 0) is 48.2 Å². The molecule has 0 unspecified atom stereocenters. The number of rotatable bonds is 0. The van der Waals surface area contributed by atoms with Crippen molar-refractivity contribution < 1.29 is 0 Å². The molecule has 5 aromatic rings. The van der Waals surface area contributed by atoms with Crippen molar-refractivity contribution in [2.24, 2.45) is 0 Å². The number of pyridine rings is 2. The molecule has 6 rings (SSSR count). The van der Waals surface area contributed by atoms with Crippen LogP contribution in [0.15, 0.2) is 73.1 Å². The van der Waals surface area contributed by atoms with Crippen LogP contribution in [-0.4, -0.2) is 26.5 Å². The van der Waals surface area contributed by atoms with Crippen LogP contribution in [0.2, 0.25) is 0 Å². The molecule has 0 fully saturated rings. The van der Waals surface area contributed by atoms with E-state index in [4.69, 9.17) is 15.7 Å². The van der Waals surface area contributed by atoms with E-state index in [1.165, 1.54) is 11.1 Å². The number of aromatic nitrogens is 4. The molecule has 172 valence electrons. The molecule has 3 aromatic heterocycles. The van der Waals surface area contributed by atoms with Crippen LogP contribution in [0.4, 0.5) is 11.4 Å². The first-order valence-corrected chi connectivity index (χ1v) is 11.6. The number of nitrogens with one attached hydrogen (secondary N) is 2. The van der Waals surface area contributed by atoms with E-state index in [1.54, 1.807) is 0 Å². The molecule has 2 aromatic carbocycles. The molecular weight excluding hydrogens is 432 g/mol. The van der Waals surface area contributed by atoms with Gasteiger partial charge in [-0.3, -0.25) is 9.97 Å². The van der Waals surface area contributed by atoms with Gasteiger partial charge in [-0.2, -0.15) is 0 Å². The van der Waals surface area contributed by atoms with Gasteiger partial charge in [-0.25, -0.2) is 4.98 Å². The highest BCUT2D eigenvalue weighted by molar-refractivity contribution is 5.92. The number of nitrogen functional groups attached to an aromatic ring is 1. The monoisotopic (exact) mass is 458 g/mol. The fourth-order valence-electron chi connectivity index (χ4n) is 4.47. The molecule has 0 saturated heterocycles. The quantitative estimate of drug-likeness (QED) is 0.268. The number of H-pyrrole nitrogens is 1. The van der Waals surface area contributed by atoms with Crippen molar-refractivity contribution in [2.45, 2.75) is 19.3 Å². The highest BCUT2D eigenvalue weighted by atomic mass is 14.9. The number of nitrogens with zero attached hydrogens (tertiary/aromatic N) is 3. The van der Waals surface area contributed by atoms with Crippen LogP contribution in [-0.2, 0) is 12.8 Å². The number of aromatic amines is 1. The number of benzene rings is 2. The first-order valence-electron chi connectivity index (χ1n) is 11.6. The number of imidazole rings is 1. The number of aryl methyl sites for hydroxylation is 1. The molecule has 1 aliphatic rings. The first kappa shape index (κ1) is 22.2. The predicted molar refractivity (Wildman–Crippen MR) is 143 cm³/mol. The average Bonchev–Trinajstić information content (AvgIpc) is 3.32. The molecule has 0 saturated carbocycles. The Balaban J connectivity index is 0.00000124. The molecule has 0 aliphatic carbocycles. The summed E-state index contributed by atoms with van der Waals surface area (Å²) in [7, 11) is 0. The highest BCUT2D eigenvalue weighted by Gasteiger charge is 2.13. The van der Waals surface area contributed by atoms with E-state index in [0.29, 0.717) is 12.1 Å². The van der Waals surface area contributed by atoms with Crippen LogP contribution in [0.5, 0.6) is 0 Å². The van der Waals surface area contributed by atoms with Gasteiger partial charge in [0.15, 0.2) is 0 Å². The van der Waals surface area contributed by atoms with Gasteiger partial charge in [0.2, 0.25) is 0 Å². The molecule has 0 spiro atoms. The smallest absolute Gasteiger partial charge is 0.113 e. The second kappa shape index (κ2) is 9.70. The summed E-state index contributed by atoms with van der Waals surface area (Å²) in [5, 5.41) is 3.50. The van der Waals surface area contributed by atoms with Gasteiger partial charge in [0.25, 0.3) is 0 Å². The van der Waals surface area contributed by atoms with Crippen LogP contribution in [0, 0.1) is 12.8 Å². The van der Waals surface area contributed by atoms with Crippen LogP contribution in [0.3, 0.4) is 0 Å². The highest BCUT2D eigenvalue weighted by Crippen LogP contribution is 2.29. The molecule has 35 heavy (non-hydrogen) atoms. The zero-order valence-electron chi connectivity index (χ0n) is 19.3. The molecule has 6 heteroatoms. The number of fused-ring (bicyclic) bond motifs is 9. The summed E-state index contributed by atoms with van der Waals surface area (Å²) < 4.78 is 0. The Labute approximate surface area is 204 Å². The lowest BCUT2D eigenvalue weighted by Gasteiger charge is -2.10. The second-order valence-corrected chi connectivity index (χ2v) is 8.49. The molecule has 8 bridgehead atoms. The fourth-order valence-corrected chi connectivity index (χ4v) is 4.47. The van der Waals surface area contributed by atoms with Crippen molar-refractivity contribution in [3.63, 3.8) is 0 Å². The summed E-state index contributed by atoms with van der Waals surface area (Å²) >= 11 is 0. The van der Waals surface area contributed by atoms with E-state index in [0.717, 1.165) is 64.4 Å². The number of terminal acetylenes is 1. The van der Waals surface area contributed by atoms with Crippen LogP contribution in [0.1, 0.15) is 23.5 Å². The van der Waals surface area contributed by atoms with Gasteiger partial charge >= 0.3 is 0 Å². The fraction of sp³-hybridized carbons (Fsp3) is 0.138. The van der Waals surface area contributed by atoms with E-state index in [2.05, 4.69) is 76.7 Å². The summed E-state index contributed by atoms with van der Waals surface area (Å²) in [5.74, 6) is 0.847. The molecule has 4 N–H and O–H groups in total. The van der Waals surface area contributed by atoms with Gasteiger partial charge < -0.3 is 16.0 Å². The van der Waals surface area contributed by atoms with Crippen molar-refractivity contribution in [1.29, 1.82) is 0 Å². The maximum absolute atomic E-state index is 6.30. The number of hydrogen-bond donors (Lipinski definition) is 3. The van der Waals surface area contributed by atoms with Crippen LogP contribution < -0.4 is 11.1 Å². The van der Waals surface area contributed by atoms with Crippen LogP contribution in [0.25, 0.3) is 33.4 Å². The Bertz CT molecular complexity index is 1510. The third kappa shape index (κ3) is 4.57. The number of hydrogen-bond acceptors (Lipinski definition) is 5. The third-order valence-electron chi connectivity index (χ3n) is 6.15. The second-order valence-electron chi connectivity index (χ2n) is 8.49. The van der Waals surface area contributed by atoms with Crippen molar-refractivity contribution in [1.82, 2.24) is 19.9 Å². The first-order chi connectivity index (χ1) is 17.2. The standard InChI is InChI=1S/C27H24N6.C2H2/c28-22-9-10-23-19-13-20(16-29-15-19)30-11-3-5-17-4-1-6-18(12-17)21-7-2-8-24-27(21)33-26(32-24)14-25(22)31-23;1-2/h1-2,4,6-10,12-13,15-16,30H,3,5,11,14,28H2,(H,32,33);1-2H. The lowest BCUT2D eigenvalue weighted by Crippen LogP contribution is -2.04. The topological polar surface area (TPSA) is 92.5 Å². The molecular formula is C29H26N6. The molecule has 0 amide bonds. The van der Waals surface area contributed by atoms with Crippen LogP contribution >= 0.6 is 0 Å². The Hall–Kier alpha value is -4.63. The molecule has 4 heterocycles. The maximum Gasteiger partial charge on any atom is 0.113 e. The number of nitrogens with two attached hydrogens (primary N) is 1.